The van der Waals surface area contributed by atoms with Gasteiger partial charge in [-0.3, -0.25) is 15.0 Å². The zero-order valence-corrected chi connectivity index (χ0v) is 11.8. The van der Waals surface area contributed by atoms with Crippen molar-refractivity contribution in [1.82, 2.24) is 10.2 Å². The van der Waals surface area contributed by atoms with E-state index in [2.05, 4.69) is 10.2 Å². The molecule has 2 fully saturated rings. The Bertz CT molecular complexity index is 502. The van der Waals surface area contributed by atoms with Crippen LogP contribution in [0.25, 0.3) is 0 Å². The van der Waals surface area contributed by atoms with Crippen LogP contribution in [0.4, 0.5) is 5.69 Å². The molecule has 1 aromatic carbocycles. The van der Waals surface area contributed by atoms with Crippen molar-refractivity contribution in [1.29, 1.82) is 0 Å². The summed E-state index contributed by atoms with van der Waals surface area (Å²) in [6.07, 6.45) is 3.60. The molecule has 0 bridgehead atoms. The average Bonchev–Trinajstić information content (AvgIpc) is 3.21. The van der Waals surface area contributed by atoms with E-state index in [1.54, 1.807) is 12.1 Å². The van der Waals surface area contributed by atoms with Crippen LogP contribution in [-0.4, -0.2) is 36.0 Å². The molecule has 0 radical (unpaired) electrons. The van der Waals surface area contributed by atoms with Gasteiger partial charge < -0.3 is 5.32 Å². The molecule has 1 aliphatic carbocycles. The van der Waals surface area contributed by atoms with Crippen LogP contribution in [-0.2, 0) is 0 Å². The number of rotatable bonds is 5. The van der Waals surface area contributed by atoms with Gasteiger partial charge in [-0.2, -0.15) is 0 Å². The maximum absolute atomic E-state index is 11.3. The molecule has 0 amide bonds. The second kappa shape index (κ2) is 5.50. The Balaban J connectivity index is 1.96. The number of nitrogens with zero attached hydrogens (tertiary/aromatic N) is 2. The van der Waals surface area contributed by atoms with Gasteiger partial charge in [-0.1, -0.05) is 18.2 Å². The van der Waals surface area contributed by atoms with Crippen molar-refractivity contribution in [2.24, 2.45) is 5.92 Å². The van der Waals surface area contributed by atoms with Gasteiger partial charge in [-0.05, 0) is 45.3 Å². The number of likely N-dealkylation sites (tertiary alicyclic amines) is 1. The van der Waals surface area contributed by atoms with Crippen LogP contribution in [0.2, 0.25) is 0 Å². The summed E-state index contributed by atoms with van der Waals surface area (Å²) in [6, 6.07) is 8.08. The Morgan fingerprint density at radius 3 is 2.75 bits per heavy atom. The number of nitro benzene ring substituents is 1. The lowest BCUT2D eigenvalue weighted by atomic mass is 9.92. The highest BCUT2D eigenvalue weighted by atomic mass is 16.6. The zero-order chi connectivity index (χ0) is 14.1. The molecule has 1 saturated heterocycles. The summed E-state index contributed by atoms with van der Waals surface area (Å²) in [5, 5.41) is 14.5. The number of nitro groups is 1. The van der Waals surface area contributed by atoms with Gasteiger partial charge in [0.25, 0.3) is 5.69 Å². The SMILES string of the molecule is CNCC1CCN(C2CC2)C1c1ccccc1[N+](=O)[O-]. The van der Waals surface area contributed by atoms with E-state index in [0.29, 0.717) is 12.0 Å². The highest BCUT2D eigenvalue weighted by Crippen LogP contribution is 2.46. The summed E-state index contributed by atoms with van der Waals surface area (Å²) in [5.41, 5.74) is 1.16. The molecular weight excluding hydrogens is 254 g/mol. The minimum atomic E-state index is -0.241. The lowest BCUT2D eigenvalue weighted by Gasteiger charge is -2.28. The number of hydrogen-bond acceptors (Lipinski definition) is 4. The maximum atomic E-state index is 11.3. The first-order chi connectivity index (χ1) is 9.72. The summed E-state index contributed by atoms with van der Waals surface area (Å²) in [5.74, 6) is 0.460. The molecule has 3 rings (SSSR count). The number of para-hydroxylation sites is 1. The Hall–Kier alpha value is -1.46. The van der Waals surface area contributed by atoms with E-state index in [1.807, 2.05) is 19.2 Å². The molecule has 2 aliphatic rings. The van der Waals surface area contributed by atoms with Crippen LogP contribution in [0.15, 0.2) is 24.3 Å². The van der Waals surface area contributed by atoms with Crippen molar-refractivity contribution in [3.8, 4) is 0 Å². The third-order valence-electron chi connectivity index (χ3n) is 4.50. The normalized spacial score (nSPS) is 26.9. The molecule has 5 nitrogen and oxygen atoms in total. The molecule has 1 aromatic rings. The zero-order valence-electron chi connectivity index (χ0n) is 11.8. The van der Waals surface area contributed by atoms with E-state index in [4.69, 9.17) is 0 Å². The molecule has 2 atom stereocenters. The summed E-state index contributed by atoms with van der Waals surface area (Å²) in [4.78, 5) is 13.6. The maximum Gasteiger partial charge on any atom is 0.274 e. The molecule has 1 N–H and O–H groups in total. The summed E-state index contributed by atoms with van der Waals surface area (Å²) in [6.45, 7) is 1.98. The number of nitrogens with one attached hydrogen (secondary N) is 1. The highest BCUT2D eigenvalue weighted by molar-refractivity contribution is 5.43. The molecule has 2 unspecified atom stereocenters. The predicted molar refractivity (Wildman–Crippen MR) is 77.6 cm³/mol. The summed E-state index contributed by atoms with van der Waals surface area (Å²) >= 11 is 0. The third-order valence-corrected chi connectivity index (χ3v) is 4.50. The standard InChI is InChI=1S/C15H21N3O2/c1-16-10-11-8-9-17(12-6-7-12)15(11)13-4-2-3-5-14(13)18(19)20/h2-5,11-12,15-16H,6-10H2,1H3. The second-order valence-electron chi connectivity index (χ2n) is 5.84. The van der Waals surface area contributed by atoms with Gasteiger partial charge in [0, 0.05) is 23.7 Å². The molecule has 5 heteroatoms. The lowest BCUT2D eigenvalue weighted by Crippen LogP contribution is -2.31. The largest absolute Gasteiger partial charge is 0.319 e. The smallest absolute Gasteiger partial charge is 0.274 e. The van der Waals surface area contributed by atoms with Crippen LogP contribution in [0.5, 0.6) is 0 Å². The fourth-order valence-corrected chi connectivity index (χ4v) is 3.51. The molecule has 1 heterocycles. The van der Waals surface area contributed by atoms with Crippen LogP contribution in [0.3, 0.4) is 0 Å². The minimum Gasteiger partial charge on any atom is -0.319 e. The Kier molecular flexibility index (Phi) is 3.72. The minimum absolute atomic E-state index is 0.191. The monoisotopic (exact) mass is 275 g/mol. The van der Waals surface area contributed by atoms with Gasteiger partial charge in [-0.25, -0.2) is 0 Å². The molecule has 108 valence electrons. The first-order valence-electron chi connectivity index (χ1n) is 7.36. The lowest BCUT2D eigenvalue weighted by molar-refractivity contribution is -0.386. The van der Waals surface area contributed by atoms with E-state index in [1.165, 1.54) is 12.8 Å². The highest BCUT2D eigenvalue weighted by Gasteiger charge is 2.44. The van der Waals surface area contributed by atoms with Gasteiger partial charge in [0.2, 0.25) is 0 Å². The van der Waals surface area contributed by atoms with Gasteiger partial charge in [0.05, 0.1) is 4.92 Å². The van der Waals surface area contributed by atoms with Crippen LogP contribution in [0, 0.1) is 16.0 Å². The fourth-order valence-electron chi connectivity index (χ4n) is 3.51. The molecule has 0 spiro atoms. The number of benzene rings is 1. The number of hydrogen-bond donors (Lipinski definition) is 1. The van der Waals surface area contributed by atoms with Crippen LogP contribution >= 0.6 is 0 Å². The summed E-state index contributed by atoms with van der Waals surface area (Å²) in [7, 11) is 1.95. The Labute approximate surface area is 119 Å². The predicted octanol–water partition coefficient (Wildman–Crippen LogP) is 2.34. The fraction of sp³-hybridized carbons (Fsp3) is 0.600. The van der Waals surface area contributed by atoms with Crippen LogP contribution < -0.4 is 5.32 Å². The second-order valence-corrected chi connectivity index (χ2v) is 5.84. The average molecular weight is 275 g/mol. The van der Waals surface area contributed by atoms with E-state index in [-0.39, 0.29) is 16.7 Å². The van der Waals surface area contributed by atoms with Gasteiger partial charge in [-0.15, -0.1) is 0 Å². The van der Waals surface area contributed by atoms with Crippen LogP contribution in [0.1, 0.15) is 30.9 Å². The topological polar surface area (TPSA) is 58.4 Å². The summed E-state index contributed by atoms with van der Waals surface area (Å²) < 4.78 is 0. The molecular formula is C15H21N3O2. The molecule has 0 aromatic heterocycles. The van der Waals surface area contributed by atoms with Crippen molar-refractivity contribution in [2.45, 2.75) is 31.3 Å². The molecule has 20 heavy (non-hydrogen) atoms. The van der Waals surface area contributed by atoms with Crippen molar-refractivity contribution >= 4 is 5.69 Å². The first-order valence-corrected chi connectivity index (χ1v) is 7.36. The van der Waals surface area contributed by atoms with E-state index in [9.17, 15) is 10.1 Å². The van der Waals surface area contributed by atoms with Crippen molar-refractivity contribution in [3.63, 3.8) is 0 Å². The van der Waals surface area contributed by atoms with E-state index in [0.717, 1.165) is 25.1 Å². The van der Waals surface area contributed by atoms with Crippen molar-refractivity contribution < 1.29 is 4.92 Å². The first kappa shape index (κ1) is 13.5. The van der Waals surface area contributed by atoms with Gasteiger partial charge >= 0.3 is 0 Å². The van der Waals surface area contributed by atoms with E-state index < -0.39 is 0 Å². The third kappa shape index (κ3) is 2.43. The molecule has 1 saturated carbocycles. The van der Waals surface area contributed by atoms with Crippen molar-refractivity contribution in [3.05, 3.63) is 39.9 Å². The Morgan fingerprint density at radius 2 is 2.10 bits per heavy atom. The quantitative estimate of drug-likeness (QED) is 0.662. The van der Waals surface area contributed by atoms with Crippen molar-refractivity contribution in [2.75, 3.05) is 20.1 Å². The Morgan fingerprint density at radius 1 is 1.35 bits per heavy atom. The molecule has 1 aliphatic heterocycles. The van der Waals surface area contributed by atoms with Gasteiger partial charge in [0.15, 0.2) is 0 Å². The van der Waals surface area contributed by atoms with E-state index >= 15 is 0 Å². The van der Waals surface area contributed by atoms with Gasteiger partial charge in [0.1, 0.15) is 0 Å².